The van der Waals surface area contributed by atoms with Crippen LogP contribution in [0.1, 0.15) is 0 Å². The summed E-state index contributed by atoms with van der Waals surface area (Å²) in [5.41, 5.74) is 2.59. The molecule has 0 unspecified atom stereocenters. The molecule has 0 aliphatic heterocycles. The molecule has 0 amide bonds. The quantitative estimate of drug-likeness (QED) is 0.622. The predicted octanol–water partition coefficient (Wildman–Crippen LogP) is 3.18. The van der Waals surface area contributed by atoms with Crippen molar-refractivity contribution in [3.05, 3.63) is 54.3 Å². The number of rotatable bonds is 1. The van der Waals surface area contributed by atoms with Gasteiger partial charge in [-0.05, 0) is 30.3 Å². The smallest absolute Gasteiger partial charge is 0.123 e. The maximum atomic E-state index is 13.2. The SMILES string of the molecule is Cn1nc(-c2cccc(F)c2)c2cc[c]cc21. The summed E-state index contributed by atoms with van der Waals surface area (Å²) in [7, 11) is 1.87. The average molecular weight is 225 g/mol. The Morgan fingerprint density at radius 1 is 1.29 bits per heavy atom. The van der Waals surface area contributed by atoms with Crippen molar-refractivity contribution in [2.45, 2.75) is 0 Å². The molecular weight excluding hydrogens is 215 g/mol. The van der Waals surface area contributed by atoms with E-state index in [0.29, 0.717) is 0 Å². The Balaban J connectivity index is 2.31. The lowest BCUT2D eigenvalue weighted by atomic mass is 10.1. The van der Waals surface area contributed by atoms with Crippen LogP contribution >= 0.6 is 0 Å². The van der Waals surface area contributed by atoms with E-state index in [1.165, 1.54) is 12.1 Å². The fraction of sp³-hybridized carbons (Fsp3) is 0.0714. The maximum absolute atomic E-state index is 13.2. The summed E-state index contributed by atoms with van der Waals surface area (Å²) < 4.78 is 15.0. The zero-order chi connectivity index (χ0) is 11.8. The Kier molecular flexibility index (Phi) is 2.18. The molecule has 0 fully saturated rings. The van der Waals surface area contributed by atoms with Gasteiger partial charge in [0.25, 0.3) is 0 Å². The van der Waals surface area contributed by atoms with Crippen LogP contribution < -0.4 is 0 Å². The minimum Gasteiger partial charge on any atom is -0.267 e. The van der Waals surface area contributed by atoms with Crippen molar-refractivity contribution in [2.24, 2.45) is 7.05 Å². The highest BCUT2D eigenvalue weighted by molar-refractivity contribution is 5.93. The standard InChI is InChI=1S/C14H10FN2/c1-17-13-8-3-2-7-12(13)14(16-17)10-5-4-6-11(15)9-10/h2,4-9H,1H3. The van der Waals surface area contributed by atoms with Crippen molar-refractivity contribution in [2.75, 3.05) is 0 Å². The van der Waals surface area contributed by atoms with E-state index < -0.39 is 0 Å². The molecule has 17 heavy (non-hydrogen) atoms. The first-order chi connectivity index (χ1) is 8.25. The monoisotopic (exact) mass is 225 g/mol. The van der Waals surface area contributed by atoms with Crippen LogP contribution in [0.2, 0.25) is 0 Å². The first-order valence-electron chi connectivity index (χ1n) is 5.34. The number of benzene rings is 2. The van der Waals surface area contributed by atoms with Gasteiger partial charge in [-0.3, -0.25) is 4.68 Å². The van der Waals surface area contributed by atoms with Gasteiger partial charge in [-0.25, -0.2) is 4.39 Å². The summed E-state index contributed by atoms with van der Waals surface area (Å²) >= 11 is 0. The highest BCUT2D eigenvalue weighted by Crippen LogP contribution is 2.27. The van der Waals surface area contributed by atoms with Gasteiger partial charge in [0.05, 0.1) is 5.52 Å². The second kappa shape index (κ2) is 3.70. The second-order valence-corrected chi connectivity index (χ2v) is 3.93. The van der Waals surface area contributed by atoms with Gasteiger partial charge >= 0.3 is 0 Å². The largest absolute Gasteiger partial charge is 0.267 e. The van der Waals surface area contributed by atoms with Gasteiger partial charge < -0.3 is 0 Å². The highest BCUT2D eigenvalue weighted by Gasteiger charge is 2.10. The Bertz CT molecular complexity index is 686. The third kappa shape index (κ3) is 1.60. The van der Waals surface area contributed by atoms with Crippen LogP contribution in [0, 0.1) is 11.9 Å². The summed E-state index contributed by atoms with van der Waals surface area (Å²) in [5, 5.41) is 5.44. The van der Waals surface area contributed by atoms with Crippen LogP contribution in [0.15, 0.2) is 42.5 Å². The third-order valence-corrected chi connectivity index (χ3v) is 2.79. The Morgan fingerprint density at radius 2 is 2.18 bits per heavy atom. The molecule has 0 atom stereocenters. The first-order valence-corrected chi connectivity index (χ1v) is 5.34. The van der Waals surface area contributed by atoms with Gasteiger partial charge in [0.15, 0.2) is 0 Å². The zero-order valence-corrected chi connectivity index (χ0v) is 9.31. The number of aromatic nitrogens is 2. The fourth-order valence-electron chi connectivity index (χ4n) is 2.00. The molecule has 0 saturated heterocycles. The van der Waals surface area contributed by atoms with Gasteiger partial charge in [-0.2, -0.15) is 5.10 Å². The average Bonchev–Trinajstić information content (AvgIpc) is 2.68. The summed E-state index contributed by atoms with van der Waals surface area (Å²) in [6.45, 7) is 0. The first kappa shape index (κ1) is 10.0. The summed E-state index contributed by atoms with van der Waals surface area (Å²) in [4.78, 5) is 0. The number of hydrogen-bond acceptors (Lipinski definition) is 1. The number of fused-ring (bicyclic) bond motifs is 1. The molecule has 0 spiro atoms. The van der Waals surface area contributed by atoms with Crippen LogP contribution in [0.3, 0.4) is 0 Å². The van der Waals surface area contributed by atoms with E-state index in [2.05, 4.69) is 11.2 Å². The third-order valence-electron chi connectivity index (χ3n) is 2.79. The molecule has 0 saturated carbocycles. The lowest BCUT2D eigenvalue weighted by Crippen LogP contribution is -1.89. The Labute approximate surface area is 98.3 Å². The second-order valence-electron chi connectivity index (χ2n) is 3.93. The van der Waals surface area contributed by atoms with Crippen molar-refractivity contribution in [3.8, 4) is 11.3 Å². The van der Waals surface area contributed by atoms with Crippen LogP contribution in [-0.2, 0) is 7.05 Å². The van der Waals surface area contributed by atoms with E-state index in [4.69, 9.17) is 0 Å². The lowest BCUT2D eigenvalue weighted by molar-refractivity contribution is 0.628. The number of aryl methyl sites for hydroxylation is 1. The van der Waals surface area contributed by atoms with Crippen LogP contribution in [-0.4, -0.2) is 9.78 Å². The van der Waals surface area contributed by atoms with Crippen molar-refractivity contribution in [3.63, 3.8) is 0 Å². The number of hydrogen-bond donors (Lipinski definition) is 0. The van der Waals surface area contributed by atoms with E-state index in [1.807, 2.05) is 31.3 Å². The van der Waals surface area contributed by atoms with Crippen LogP contribution in [0.25, 0.3) is 22.2 Å². The van der Waals surface area contributed by atoms with Crippen molar-refractivity contribution in [1.29, 1.82) is 0 Å². The van der Waals surface area contributed by atoms with E-state index in [9.17, 15) is 4.39 Å². The van der Waals surface area contributed by atoms with Gasteiger partial charge in [0.1, 0.15) is 11.5 Å². The van der Waals surface area contributed by atoms with E-state index in [-0.39, 0.29) is 5.82 Å². The lowest BCUT2D eigenvalue weighted by Gasteiger charge is -1.97. The van der Waals surface area contributed by atoms with Crippen LogP contribution in [0.5, 0.6) is 0 Å². The Morgan fingerprint density at radius 3 is 3.00 bits per heavy atom. The van der Waals surface area contributed by atoms with Gasteiger partial charge in [-0.15, -0.1) is 0 Å². The van der Waals surface area contributed by atoms with E-state index in [1.54, 1.807) is 10.7 Å². The summed E-state index contributed by atoms with van der Waals surface area (Å²) in [6.07, 6.45) is 0. The van der Waals surface area contributed by atoms with Crippen molar-refractivity contribution < 1.29 is 4.39 Å². The van der Waals surface area contributed by atoms with Crippen molar-refractivity contribution in [1.82, 2.24) is 9.78 Å². The highest BCUT2D eigenvalue weighted by atomic mass is 19.1. The zero-order valence-electron chi connectivity index (χ0n) is 9.31. The molecule has 0 bridgehead atoms. The Hall–Kier alpha value is -2.16. The fourth-order valence-corrected chi connectivity index (χ4v) is 2.00. The van der Waals surface area contributed by atoms with Gasteiger partial charge in [-0.1, -0.05) is 18.2 Å². The molecule has 3 aromatic rings. The predicted molar refractivity (Wildman–Crippen MR) is 64.9 cm³/mol. The summed E-state index contributed by atoms with van der Waals surface area (Å²) in [6, 6.07) is 15.2. The maximum Gasteiger partial charge on any atom is 0.123 e. The molecule has 0 aliphatic rings. The van der Waals surface area contributed by atoms with Gasteiger partial charge in [0, 0.05) is 18.0 Å². The summed E-state index contributed by atoms with van der Waals surface area (Å²) in [5.74, 6) is -0.246. The topological polar surface area (TPSA) is 17.8 Å². The molecule has 0 N–H and O–H groups in total. The van der Waals surface area contributed by atoms with E-state index in [0.717, 1.165) is 22.2 Å². The molecule has 1 radical (unpaired) electrons. The molecule has 0 aliphatic carbocycles. The number of nitrogens with zero attached hydrogens (tertiary/aromatic N) is 2. The van der Waals surface area contributed by atoms with Gasteiger partial charge in [0.2, 0.25) is 0 Å². The molecule has 83 valence electrons. The van der Waals surface area contributed by atoms with Crippen LogP contribution in [0.4, 0.5) is 4.39 Å². The molecule has 1 heterocycles. The van der Waals surface area contributed by atoms with E-state index >= 15 is 0 Å². The molecule has 3 rings (SSSR count). The normalized spacial score (nSPS) is 10.9. The van der Waals surface area contributed by atoms with Crippen molar-refractivity contribution >= 4 is 10.9 Å². The molecule has 1 aromatic heterocycles. The molecular formula is C14H10FN2. The minimum absolute atomic E-state index is 0.246. The molecule has 2 nitrogen and oxygen atoms in total. The number of halogens is 1. The molecule has 3 heteroatoms. The minimum atomic E-state index is -0.246. The molecule has 2 aromatic carbocycles.